The van der Waals surface area contributed by atoms with Gasteiger partial charge in [-0.2, -0.15) is 0 Å². The fourth-order valence-corrected chi connectivity index (χ4v) is 2.55. The van der Waals surface area contributed by atoms with Gasteiger partial charge >= 0.3 is 0 Å². The molecule has 0 aliphatic heterocycles. The molecule has 3 heteroatoms. The van der Waals surface area contributed by atoms with Crippen LogP contribution >= 0.6 is 0 Å². The fraction of sp³-hybridized carbons (Fsp3) is 0.304. The van der Waals surface area contributed by atoms with Gasteiger partial charge in [0.1, 0.15) is 0 Å². The second-order valence-electron chi connectivity index (χ2n) is 6.31. The van der Waals surface area contributed by atoms with E-state index in [9.17, 15) is 4.79 Å². The number of unbranched alkanes of at least 4 members (excludes halogenated alkanes) is 1. The zero-order valence-electron chi connectivity index (χ0n) is 16.0. The Morgan fingerprint density at radius 1 is 0.962 bits per heavy atom. The molecule has 0 atom stereocenters. The van der Waals surface area contributed by atoms with Gasteiger partial charge in [-0.1, -0.05) is 63.9 Å². The molecule has 0 spiro atoms. The molecule has 1 heterocycles. The standard InChI is InChI=1S/C20H20N2O.C3H8/c1-2-3-11-21-20(23)17-9-6-8-15(12-17)18-13-16-7-4-5-10-19(16)22-14-18;1-3-2/h4-10,12-14H,2-3,11H2,1H3,(H,21,23);3H2,1-2H3. The van der Waals surface area contributed by atoms with Crippen LogP contribution in [0.4, 0.5) is 0 Å². The number of carbonyl (C=O) groups excluding carboxylic acids is 1. The summed E-state index contributed by atoms with van der Waals surface area (Å²) in [6, 6.07) is 17.8. The molecular formula is C23H28N2O. The van der Waals surface area contributed by atoms with Crippen LogP contribution in [0, 0.1) is 0 Å². The molecule has 0 fully saturated rings. The predicted octanol–water partition coefficient (Wildman–Crippen LogP) is 5.85. The van der Waals surface area contributed by atoms with Crippen molar-refractivity contribution in [3.05, 3.63) is 66.4 Å². The van der Waals surface area contributed by atoms with Crippen molar-refractivity contribution in [2.45, 2.75) is 40.0 Å². The van der Waals surface area contributed by atoms with E-state index < -0.39 is 0 Å². The molecule has 1 amide bonds. The van der Waals surface area contributed by atoms with Gasteiger partial charge in [-0.3, -0.25) is 9.78 Å². The molecule has 0 aliphatic carbocycles. The van der Waals surface area contributed by atoms with Crippen LogP contribution in [0.5, 0.6) is 0 Å². The monoisotopic (exact) mass is 348 g/mol. The molecule has 3 aromatic rings. The number of nitrogens with zero attached hydrogens (tertiary/aromatic N) is 1. The maximum Gasteiger partial charge on any atom is 0.251 e. The van der Waals surface area contributed by atoms with Crippen molar-refractivity contribution in [3.63, 3.8) is 0 Å². The Labute approximate surface area is 156 Å². The number of benzene rings is 2. The van der Waals surface area contributed by atoms with Crippen molar-refractivity contribution in [2.75, 3.05) is 6.54 Å². The molecule has 3 nitrogen and oxygen atoms in total. The number of hydrogen-bond donors (Lipinski definition) is 1. The maximum absolute atomic E-state index is 12.2. The molecule has 136 valence electrons. The molecular weight excluding hydrogens is 320 g/mol. The number of hydrogen-bond acceptors (Lipinski definition) is 2. The van der Waals surface area contributed by atoms with E-state index in [2.05, 4.69) is 37.1 Å². The van der Waals surface area contributed by atoms with Crippen molar-refractivity contribution in [2.24, 2.45) is 0 Å². The van der Waals surface area contributed by atoms with Gasteiger partial charge in [0.15, 0.2) is 0 Å². The minimum Gasteiger partial charge on any atom is -0.352 e. The lowest BCUT2D eigenvalue weighted by atomic mass is 10.0. The zero-order chi connectivity index (χ0) is 18.8. The molecule has 0 bridgehead atoms. The van der Waals surface area contributed by atoms with Crippen molar-refractivity contribution in [1.29, 1.82) is 0 Å². The summed E-state index contributed by atoms with van der Waals surface area (Å²) >= 11 is 0. The minimum absolute atomic E-state index is 0.0194. The molecule has 1 aromatic heterocycles. The molecule has 26 heavy (non-hydrogen) atoms. The largest absolute Gasteiger partial charge is 0.352 e. The lowest BCUT2D eigenvalue weighted by molar-refractivity contribution is 0.0953. The van der Waals surface area contributed by atoms with E-state index in [1.807, 2.05) is 54.7 Å². The highest BCUT2D eigenvalue weighted by molar-refractivity contribution is 5.95. The van der Waals surface area contributed by atoms with Crippen LogP contribution < -0.4 is 5.32 Å². The Kier molecular flexibility index (Phi) is 7.81. The van der Waals surface area contributed by atoms with Gasteiger partial charge in [-0.15, -0.1) is 0 Å². The highest BCUT2D eigenvalue weighted by Gasteiger charge is 2.07. The van der Waals surface area contributed by atoms with Gasteiger partial charge in [-0.05, 0) is 36.2 Å². The first-order chi connectivity index (χ1) is 12.7. The molecule has 0 saturated carbocycles. The van der Waals surface area contributed by atoms with Crippen LogP contribution in [0.25, 0.3) is 22.0 Å². The fourth-order valence-electron chi connectivity index (χ4n) is 2.55. The number of aromatic nitrogens is 1. The summed E-state index contributed by atoms with van der Waals surface area (Å²) in [5.41, 5.74) is 3.69. The van der Waals surface area contributed by atoms with E-state index in [0.717, 1.165) is 41.4 Å². The number of fused-ring (bicyclic) bond motifs is 1. The lowest BCUT2D eigenvalue weighted by Crippen LogP contribution is -2.24. The summed E-state index contributed by atoms with van der Waals surface area (Å²) in [4.78, 5) is 16.7. The second kappa shape index (κ2) is 10.3. The average Bonchev–Trinajstić information content (AvgIpc) is 2.68. The van der Waals surface area contributed by atoms with Crippen molar-refractivity contribution in [1.82, 2.24) is 10.3 Å². The summed E-state index contributed by atoms with van der Waals surface area (Å²) in [5, 5.41) is 4.05. The van der Waals surface area contributed by atoms with Crippen molar-refractivity contribution < 1.29 is 4.79 Å². The first kappa shape index (κ1) is 19.6. The second-order valence-corrected chi connectivity index (χ2v) is 6.31. The minimum atomic E-state index is -0.0194. The van der Waals surface area contributed by atoms with Gasteiger partial charge in [0.2, 0.25) is 0 Å². The Hall–Kier alpha value is -2.68. The summed E-state index contributed by atoms with van der Waals surface area (Å²) in [6.45, 7) is 7.08. The van der Waals surface area contributed by atoms with E-state index in [-0.39, 0.29) is 5.91 Å². The smallest absolute Gasteiger partial charge is 0.251 e. The Morgan fingerprint density at radius 3 is 2.50 bits per heavy atom. The van der Waals surface area contributed by atoms with Crippen LogP contribution in [0.3, 0.4) is 0 Å². The summed E-state index contributed by atoms with van der Waals surface area (Å²) < 4.78 is 0. The lowest BCUT2D eigenvalue weighted by Gasteiger charge is -2.07. The van der Waals surface area contributed by atoms with E-state index in [1.165, 1.54) is 6.42 Å². The number of carbonyl (C=O) groups is 1. The number of nitrogens with one attached hydrogen (secondary N) is 1. The van der Waals surface area contributed by atoms with Gasteiger partial charge in [0.25, 0.3) is 5.91 Å². The van der Waals surface area contributed by atoms with Crippen molar-refractivity contribution >= 4 is 16.8 Å². The first-order valence-corrected chi connectivity index (χ1v) is 9.43. The third-order valence-electron chi connectivity index (χ3n) is 3.86. The molecule has 0 radical (unpaired) electrons. The van der Waals surface area contributed by atoms with Crippen LogP contribution in [-0.4, -0.2) is 17.4 Å². The number of para-hydroxylation sites is 1. The van der Waals surface area contributed by atoms with Crippen LogP contribution in [-0.2, 0) is 0 Å². The van der Waals surface area contributed by atoms with Crippen LogP contribution in [0.1, 0.15) is 50.4 Å². The molecule has 0 saturated heterocycles. The summed E-state index contributed by atoms with van der Waals surface area (Å²) in [5.74, 6) is -0.0194. The van der Waals surface area contributed by atoms with E-state index in [1.54, 1.807) is 0 Å². The predicted molar refractivity (Wildman–Crippen MR) is 110 cm³/mol. The van der Waals surface area contributed by atoms with Gasteiger partial charge < -0.3 is 5.32 Å². The number of pyridine rings is 1. The van der Waals surface area contributed by atoms with E-state index in [0.29, 0.717) is 5.56 Å². The summed E-state index contributed by atoms with van der Waals surface area (Å²) in [6.07, 6.45) is 5.18. The topological polar surface area (TPSA) is 42.0 Å². The quantitative estimate of drug-likeness (QED) is 0.588. The molecule has 0 unspecified atom stereocenters. The van der Waals surface area contributed by atoms with Crippen LogP contribution in [0.15, 0.2) is 60.8 Å². The first-order valence-electron chi connectivity index (χ1n) is 9.43. The third kappa shape index (κ3) is 5.41. The van der Waals surface area contributed by atoms with Gasteiger partial charge in [-0.25, -0.2) is 0 Å². The Bertz CT molecular complexity index is 842. The summed E-state index contributed by atoms with van der Waals surface area (Å²) in [7, 11) is 0. The average molecular weight is 348 g/mol. The molecule has 3 rings (SSSR count). The van der Waals surface area contributed by atoms with E-state index in [4.69, 9.17) is 0 Å². The van der Waals surface area contributed by atoms with E-state index >= 15 is 0 Å². The Morgan fingerprint density at radius 2 is 1.73 bits per heavy atom. The zero-order valence-corrected chi connectivity index (χ0v) is 16.0. The van der Waals surface area contributed by atoms with Crippen LogP contribution in [0.2, 0.25) is 0 Å². The van der Waals surface area contributed by atoms with Gasteiger partial charge in [0.05, 0.1) is 5.52 Å². The SMILES string of the molecule is CCC.CCCCNC(=O)c1cccc(-c2cnc3ccccc3c2)c1. The molecule has 0 aliphatic rings. The normalized spacial score (nSPS) is 10.1. The maximum atomic E-state index is 12.2. The highest BCUT2D eigenvalue weighted by atomic mass is 16.1. The molecule has 2 aromatic carbocycles. The van der Waals surface area contributed by atoms with Crippen molar-refractivity contribution in [3.8, 4) is 11.1 Å². The Balaban J connectivity index is 0.000000758. The highest BCUT2D eigenvalue weighted by Crippen LogP contribution is 2.23. The molecule has 1 N–H and O–H groups in total. The number of rotatable bonds is 5. The third-order valence-corrected chi connectivity index (χ3v) is 3.86. The van der Waals surface area contributed by atoms with Gasteiger partial charge in [0, 0.05) is 29.3 Å². The number of amides is 1.